The molecule has 3 aliphatic heterocycles. The van der Waals surface area contributed by atoms with Crippen molar-refractivity contribution in [1.29, 1.82) is 0 Å². The van der Waals surface area contributed by atoms with Gasteiger partial charge in [0.05, 0.1) is 16.7 Å². The Kier molecular flexibility index (Phi) is 4.99. The van der Waals surface area contributed by atoms with Crippen molar-refractivity contribution in [3.8, 4) is 0 Å². The van der Waals surface area contributed by atoms with E-state index in [4.69, 9.17) is 9.47 Å². The van der Waals surface area contributed by atoms with Gasteiger partial charge in [-0.15, -0.1) is 0 Å². The summed E-state index contributed by atoms with van der Waals surface area (Å²) in [5.74, 6) is -0.0458. The summed E-state index contributed by atoms with van der Waals surface area (Å²) in [6.07, 6.45) is 2.03. The van der Waals surface area contributed by atoms with Crippen molar-refractivity contribution >= 4 is 18.0 Å². The molecule has 3 heterocycles. The van der Waals surface area contributed by atoms with Gasteiger partial charge in [0.1, 0.15) is 12.2 Å². The molecule has 27 heavy (non-hydrogen) atoms. The quantitative estimate of drug-likeness (QED) is 0.691. The lowest BCUT2D eigenvalue weighted by molar-refractivity contribution is -0.139. The Morgan fingerprint density at radius 3 is 2.33 bits per heavy atom. The molecule has 3 rings (SSSR count). The highest BCUT2D eigenvalue weighted by molar-refractivity contribution is 5.94. The van der Waals surface area contributed by atoms with E-state index in [1.807, 2.05) is 27.7 Å². The molecule has 0 N–H and O–H groups in total. The van der Waals surface area contributed by atoms with Gasteiger partial charge in [-0.05, 0) is 52.9 Å². The Labute approximate surface area is 160 Å². The normalized spacial score (nSPS) is 27.4. The molecular formula is C20H30N2O5. The highest BCUT2D eigenvalue weighted by Gasteiger charge is 2.50. The van der Waals surface area contributed by atoms with Crippen LogP contribution in [0.5, 0.6) is 0 Å². The fourth-order valence-electron chi connectivity index (χ4n) is 4.27. The summed E-state index contributed by atoms with van der Waals surface area (Å²) >= 11 is 0. The summed E-state index contributed by atoms with van der Waals surface area (Å²) in [6, 6.07) is 0. The summed E-state index contributed by atoms with van der Waals surface area (Å²) in [7, 11) is 0. The number of piperidine rings is 1. The molecule has 2 saturated heterocycles. The minimum absolute atomic E-state index is 0.0749. The van der Waals surface area contributed by atoms with Gasteiger partial charge in [-0.1, -0.05) is 6.92 Å². The van der Waals surface area contributed by atoms with Gasteiger partial charge >= 0.3 is 12.1 Å². The highest BCUT2D eigenvalue weighted by Crippen LogP contribution is 2.45. The van der Waals surface area contributed by atoms with Crippen LogP contribution >= 0.6 is 0 Å². The molecule has 7 heteroatoms. The number of esters is 1. The van der Waals surface area contributed by atoms with Crippen LogP contribution in [-0.4, -0.2) is 59.6 Å². The third-order valence-corrected chi connectivity index (χ3v) is 6.04. The standard InChI is InChI=1S/C20H30N2O5/c1-13-15(12-26-16(13)23)22-11-8-20(5,17(22)24)14-6-9-21(10-7-14)18(25)27-19(2,3)4/h14H,6-12H2,1-5H3. The number of carbonyl (C=O) groups is 3. The zero-order chi connectivity index (χ0) is 20.0. The fraction of sp³-hybridized carbons (Fsp3) is 0.750. The van der Waals surface area contributed by atoms with E-state index in [0.29, 0.717) is 30.9 Å². The zero-order valence-corrected chi connectivity index (χ0v) is 17.0. The first-order chi connectivity index (χ1) is 12.5. The van der Waals surface area contributed by atoms with Crippen LogP contribution in [-0.2, 0) is 19.1 Å². The largest absolute Gasteiger partial charge is 0.456 e. The predicted molar refractivity (Wildman–Crippen MR) is 98.6 cm³/mol. The van der Waals surface area contributed by atoms with Gasteiger partial charge in [-0.3, -0.25) is 4.79 Å². The maximum atomic E-state index is 13.2. The van der Waals surface area contributed by atoms with Crippen LogP contribution in [0.15, 0.2) is 11.3 Å². The van der Waals surface area contributed by atoms with Gasteiger partial charge in [-0.2, -0.15) is 0 Å². The van der Waals surface area contributed by atoms with Gasteiger partial charge in [0.15, 0.2) is 0 Å². The van der Waals surface area contributed by atoms with Gasteiger partial charge < -0.3 is 19.3 Å². The first kappa shape index (κ1) is 19.7. The van der Waals surface area contributed by atoms with E-state index in [-0.39, 0.29) is 30.5 Å². The number of nitrogens with zero attached hydrogens (tertiary/aromatic N) is 2. The van der Waals surface area contributed by atoms with Crippen molar-refractivity contribution in [1.82, 2.24) is 9.80 Å². The SMILES string of the molecule is CC1=C(N2CCC(C)(C3CCN(C(=O)OC(C)(C)C)CC3)C2=O)COC1=O. The molecule has 0 radical (unpaired) electrons. The lowest BCUT2D eigenvalue weighted by atomic mass is 9.71. The van der Waals surface area contributed by atoms with E-state index in [1.165, 1.54) is 0 Å². The topological polar surface area (TPSA) is 76.2 Å². The monoisotopic (exact) mass is 378 g/mol. The molecule has 3 aliphatic rings. The van der Waals surface area contributed by atoms with E-state index in [1.54, 1.807) is 16.7 Å². The van der Waals surface area contributed by atoms with Crippen molar-refractivity contribution in [2.45, 2.75) is 59.5 Å². The summed E-state index contributed by atoms with van der Waals surface area (Å²) in [5.41, 5.74) is 0.278. The smallest absolute Gasteiger partial charge is 0.410 e. The van der Waals surface area contributed by atoms with E-state index in [2.05, 4.69) is 0 Å². The Morgan fingerprint density at radius 1 is 1.19 bits per heavy atom. The third kappa shape index (κ3) is 3.69. The number of cyclic esters (lactones) is 1. The fourth-order valence-corrected chi connectivity index (χ4v) is 4.27. The average Bonchev–Trinajstić information content (AvgIpc) is 3.07. The lowest BCUT2D eigenvalue weighted by Gasteiger charge is -2.39. The second kappa shape index (κ2) is 6.84. The Bertz CT molecular complexity index is 685. The van der Waals surface area contributed by atoms with Crippen LogP contribution in [0.2, 0.25) is 0 Å². The molecule has 0 aromatic carbocycles. The van der Waals surface area contributed by atoms with Crippen molar-refractivity contribution in [2.75, 3.05) is 26.2 Å². The lowest BCUT2D eigenvalue weighted by Crippen LogP contribution is -2.46. The first-order valence-corrected chi connectivity index (χ1v) is 9.70. The molecule has 0 spiro atoms. The Morgan fingerprint density at radius 2 is 1.81 bits per heavy atom. The molecule has 2 amide bonds. The molecule has 150 valence electrons. The average molecular weight is 378 g/mol. The van der Waals surface area contributed by atoms with Crippen LogP contribution in [0.4, 0.5) is 4.79 Å². The Hall–Kier alpha value is -2.05. The summed E-state index contributed by atoms with van der Waals surface area (Å²) in [4.78, 5) is 40.6. The summed E-state index contributed by atoms with van der Waals surface area (Å²) < 4.78 is 10.5. The number of carbonyl (C=O) groups excluding carboxylic acids is 3. The molecule has 0 bridgehead atoms. The third-order valence-electron chi connectivity index (χ3n) is 6.04. The van der Waals surface area contributed by atoms with E-state index < -0.39 is 11.0 Å². The van der Waals surface area contributed by atoms with Crippen molar-refractivity contribution < 1.29 is 23.9 Å². The van der Waals surface area contributed by atoms with Crippen molar-refractivity contribution in [3.05, 3.63) is 11.3 Å². The van der Waals surface area contributed by atoms with Gasteiger partial charge in [0, 0.05) is 19.6 Å². The minimum atomic E-state index is -0.506. The van der Waals surface area contributed by atoms with Crippen molar-refractivity contribution in [3.63, 3.8) is 0 Å². The number of ether oxygens (including phenoxy) is 2. The van der Waals surface area contributed by atoms with E-state index >= 15 is 0 Å². The predicted octanol–water partition coefficient (Wildman–Crippen LogP) is 2.70. The molecule has 1 atom stereocenters. The van der Waals surface area contributed by atoms with Crippen LogP contribution in [0.25, 0.3) is 0 Å². The molecule has 1 unspecified atom stereocenters. The first-order valence-electron chi connectivity index (χ1n) is 9.70. The molecular weight excluding hydrogens is 348 g/mol. The number of hydrogen-bond donors (Lipinski definition) is 0. The van der Waals surface area contributed by atoms with Gasteiger partial charge in [0.25, 0.3) is 0 Å². The summed E-state index contributed by atoms with van der Waals surface area (Å²) in [5, 5.41) is 0. The van der Waals surface area contributed by atoms with Crippen LogP contribution in [0.3, 0.4) is 0 Å². The van der Waals surface area contributed by atoms with E-state index in [9.17, 15) is 14.4 Å². The van der Waals surface area contributed by atoms with Gasteiger partial charge in [0.2, 0.25) is 5.91 Å². The molecule has 0 aliphatic carbocycles. The maximum Gasteiger partial charge on any atom is 0.410 e. The molecule has 0 aromatic rings. The molecule has 0 aromatic heterocycles. The van der Waals surface area contributed by atoms with Crippen LogP contribution in [0, 0.1) is 11.3 Å². The van der Waals surface area contributed by atoms with Crippen LogP contribution in [0.1, 0.15) is 53.9 Å². The zero-order valence-electron chi connectivity index (χ0n) is 17.0. The number of amides is 2. The minimum Gasteiger partial charge on any atom is -0.456 e. The second-order valence-corrected chi connectivity index (χ2v) is 9.01. The highest BCUT2D eigenvalue weighted by atomic mass is 16.6. The molecule has 2 fully saturated rings. The van der Waals surface area contributed by atoms with Crippen molar-refractivity contribution in [2.24, 2.45) is 11.3 Å². The number of likely N-dealkylation sites (tertiary alicyclic amines) is 2. The summed E-state index contributed by atoms with van der Waals surface area (Å²) in [6.45, 7) is 11.3. The van der Waals surface area contributed by atoms with E-state index in [0.717, 1.165) is 19.3 Å². The maximum absolute atomic E-state index is 13.2. The second-order valence-electron chi connectivity index (χ2n) is 9.01. The van der Waals surface area contributed by atoms with Gasteiger partial charge in [-0.25, -0.2) is 9.59 Å². The number of hydrogen-bond acceptors (Lipinski definition) is 5. The number of rotatable bonds is 2. The Balaban J connectivity index is 1.64. The molecule has 7 nitrogen and oxygen atoms in total. The molecule has 0 saturated carbocycles. The van der Waals surface area contributed by atoms with Crippen LogP contribution < -0.4 is 0 Å².